The Kier molecular flexibility index (Phi) is 2.29. The first-order valence-electron chi connectivity index (χ1n) is 6.29. The number of nitrogens with zero attached hydrogens (tertiary/aromatic N) is 1. The summed E-state index contributed by atoms with van der Waals surface area (Å²) < 4.78 is 0. The molecule has 0 radical (unpaired) electrons. The normalized spacial score (nSPS) is 48.6. The van der Waals surface area contributed by atoms with Gasteiger partial charge in [0.25, 0.3) is 0 Å². The molecule has 2 heterocycles. The molecular weight excluding hydrogens is 172 g/mol. The van der Waals surface area contributed by atoms with E-state index in [0.717, 1.165) is 23.8 Å². The zero-order valence-corrected chi connectivity index (χ0v) is 9.21. The van der Waals surface area contributed by atoms with Gasteiger partial charge in [-0.05, 0) is 56.7 Å². The highest BCUT2D eigenvalue weighted by Crippen LogP contribution is 2.45. The SMILES string of the molecule is CC1CNCCC1N1CCC2CC2C1. The fraction of sp³-hybridized carbons (Fsp3) is 1.00. The molecule has 3 fully saturated rings. The van der Waals surface area contributed by atoms with Gasteiger partial charge in [0.15, 0.2) is 0 Å². The first kappa shape index (κ1) is 9.17. The summed E-state index contributed by atoms with van der Waals surface area (Å²) in [5, 5.41) is 3.50. The number of piperidine rings is 2. The molecule has 0 bridgehead atoms. The van der Waals surface area contributed by atoms with Gasteiger partial charge in [0.2, 0.25) is 0 Å². The summed E-state index contributed by atoms with van der Waals surface area (Å²) in [6.45, 7) is 7.68. The third-order valence-electron chi connectivity index (χ3n) is 4.53. The van der Waals surface area contributed by atoms with Crippen LogP contribution in [0.25, 0.3) is 0 Å². The summed E-state index contributed by atoms with van der Waals surface area (Å²) in [4.78, 5) is 2.79. The Hall–Kier alpha value is -0.0800. The van der Waals surface area contributed by atoms with Gasteiger partial charge in [0, 0.05) is 12.6 Å². The molecule has 2 aliphatic heterocycles. The minimum absolute atomic E-state index is 0.860. The van der Waals surface area contributed by atoms with Crippen LogP contribution in [0.3, 0.4) is 0 Å². The molecular formula is C12H22N2. The van der Waals surface area contributed by atoms with Gasteiger partial charge in [-0.25, -0.2) is 0 Å². The van der Waals surface area contributed by atoms with Crippen molar-refractivity contribution >= 4 is 0 Å². The fourth-order valence-corrected chi connectivity index (χ4v) is 3.46. The topological polar surface area (TPSA) is 15.3 Å². The second-order valence-electron chi connectivity index (χ2n) is 5.58. The van der Waals surface area contributed by atoms with E-state index in [1.807, 2.05) is 0 Å². The van der Waals surface area contributed by atoms with Crippen molar-refractivity contribution in [2.45, 2.75) is 32.2 Å². The Morgan fingerprint density at radius 3 is 2.93 bits per heavy atom. The van der Waals surface area contributed by atoms with Crippen LogP contribution < -0.4 is 5.32 Å². The number of likely N-dealkylation sites (tertiary alicyclic amines) is 1. The lowest BCUT2D eigenvalue weighted by Crippen LogP contribution is -2.50. The number of nitrogens with one attached hydrogen (secondary N) is 1. The molecule has 1 N–H and O–H groups in total. The summed E-state index contributed by atoms with van der Waals surface area (Å²) in [6, 6.07) is 0.887. The summed E-state index contributed by atoms with van der Waals surface area (Å²) >= 11 is 0. The Labute approximate surface area is 87.0 Å². The standard InChI is InChI=1S/C12H22N2/c1-9-7-13-4-2-12(9)14-5-3-10-6-11(10)8-14/h9-13H,2-8H2,1H3. The number of fused-ring (bicyclic) bond motifs is 1. The Balaban J connectivity index is 1.62. The molecule has 0 spiro atoms. The van der Waals surface area contributed by atoms with Crippen molar-refractivity contribution in [3.05, 3.63) is 0 Å². The van der Waals surface area contributed by atoms with E-state index in [1.54, 1.807) is 0 Å². The van der Waals surface area contributed by atoms with Gasteiger partial charge in [0.05, 0.1) is 0 Å². The Bertz CT molecular complexity index is 216. The Morgan fingerprint density at radius 1 is 1.21 bits per heavy atom. The number of rotatable bonds is 1. The van der Waals surface area contributed by atoms with Crippen molar-refractivity contribution in [2.24, 2.45) is 17.8 Å². The average Bonchev–Trinajstić information content (AvgIpc) is 2.96. The van der Waals surface area contributed by atoms with Crippen molar-refractivity contribution in [3.63, 3.8) is 0 Å². The van der Waals surface area contributed by atoms with Crippen LogP contribution in [0, 0.1) is 17.8 Å². The molecule has 3 rings (SSSR count). The van der Waals surface area contributed by atoms with Crippen molar-refractivity contribution in [1.29, 1.82) is 0 Å². The maximum Gasteiger partial charge on any atom is 0.0145 e. The predicted molar refractivity (Wildman–Crippen MR) is 58.2 cm³/mol. The first-order valence-corrected chi connectivity index (χ1v) is 6.29. The lowest BCUT2D eigenvalue weighted by molar-refractivity contribution is 0.0947. The molecule has 0 aromatic heterocycles. The van der Waals surface area contributed by atoms with E-state index in [9.17, 15) is 0 Å². The van der Waals surface area contributed by atoms with Crippen LogP contribution in [0.5, 0.6) is 0 Å². The van der Waals surface area contributed by atoms with E-state index >= 15 is 0 Å². The number of hydrogen-bond acceptors (Lipinski definition) is 2. The third kappa shape index (κ3) is 1.59. The van der Waals surface area contributed by atoms with Gasteiger partial charge in [0.1, 0.15) is 0 Å². The van der Waals surface area contributed by atoms with Crippen LogP contribution in [0.2, 0.25) is 0 Å². The van der Waals surface area contributed by atoms with Crippen molar-refractivity contribution < 1.29 is 0 Å². The molecule has 4 unspecified atom stereocenters. The van der Waals surface area contributed by atoms with Crippen LogP contribution in [0.1, 0.15) is 26.2 Å². The maximum absolute atomic E-state index is 3.50. The van der Waals surface area contributed by atoms with E-state index in [0.29, 0.717) is 0 Å². The predicted octanol–water partition coefficient (Wildman–Crippen LogP) is 1.33. The van der Waals surface area contributed by atoms with E-state index in [-0.39, 0.29) is 0 Å². The van der Waals surface area contributed by atoms with Crippen LogP contribution >= 0.6 is 0 Å². The van der Waals surface area contributed by atoms with Crippen LogP contribution in [0.4, 0.5) is 0 Å². The molecule has 2 heteroatoms. The second-order valence-corrected chi connectivity index (χ2v) is 5.58. The zero-order valence-electron chi connectivity index (χ0n) is 9.21. The van der Waals surface area contributed by atoms with E-state index < -0.39 is 0 Å². The van der Waals surface area contributed by atoms with Crippen LogP contribution in [-0.2, 0) is 0 Å². The molecule has 2 saturated heterocycles. The molecule has 80 valence electrons. The summed E-state index contributed by atoms with van der Waals surface area (Å²) in [5.41, 5.74) is 0. The zero-order chi connectivity index (χ0) is 9.54. The van der Waals surface area contributed by atoms with Crippen molar-refractivity contribution in [1.82, 2.24) is 10.2 Å². The van der Waals surface area contributed by atoms with Crippen molar-refractivity contribution in [2.75, 3.05) is 26.2 Å². The van der Waals surface area contributed by atoms with Crippen LogP contribution in [-0.4, -0.2) is 37.1 Å². The average molecular weight is 194 g/mol. The Morgan fingerprint density at radius 2 is 2.14 bits per heavy atom. The fourth-order valence-electron chi connectivity index (χ4n) is 3.46. The second kappa shape index (κ2) is 3.49. The van der Waals surface area contributed by atoms with Gasteiger partial charge < -0.3 is 5.32 Å². The third-order valence-corrected chi connectivity index (χ3v) is 4.53. The van der Waals surface area contributed by atoms with Crippen LogP contribution in [0.15, 0.2) is 0 Å². The highest BCUT2D eigenvalue weighted by atomic mass is 15.2. The van der Waals surface area contributed by atoms with Gasteiger partial charge >= 0.3 is 0 Å². The molecule has 3 aliphatic rings. The summed E-state index contributed by atoms with van der Waals surface area (Å²) in [6.07, 6.45) is 4.40. The molecule has 0 aromatic rings. The molecule has 0 amide bonds. The number of hydrogen-bond donors (Lipinski definition) is 1. The minimum atomic E-state index is 0.860. The molecule has 14 heavy (non-hydrogen) atoms. The molecule has 0 aromatic carbocycles. The molecule has 4 atom stereocenters. The quantitative estimate of drug-likeness (QED) is 0.677. The summed E-state index contributed by atoms with van der Waals surface area (Å²) in [7, 11) is 0. The highest BCUT2D eigenvalue weighted by Gasteiger charge is 2.43. The lowest BCUT2D eigenvalue weighted by atomic mass is 9.92. The van der Waals surface area contributed by atoms with E-state index in [4.69, 9.17) is 0 Å². The van der Waals surface area contributed by atoms with Gasteiger partial charge in [-0.2, -0.15) is 0 Å². The molecule has 1 aliphatic carbocycles. The van der Waals surface area contributed by atoms with Gasteiger partial charge in [-0.15, -0.1) is 0 Å². The van der Waals surface area contributed by atoms with Crippen molar-refractivity contribution in [3.8, 4) is 0 Å². The molecule has 2 nitrogen and oxygen atoms in total. The van der Waals surface area contributed by atoms with Gasteiger partial charge in [-0.3, -0.25) is 4.90 Å². The monoisotopic (exact) mass is 194 g/mol. The maximum atomic E-state index is 3.50. The van der Waals surface area contributed by atoms with Gasteiger partial charge in [-0.1, -0.05) is 6.92 Å². The highest BCUT2D eigenvalue weighted by molar-refractivity contribution is 4.96. The first-order chi connectivity index (χ1) is 6.84. The van der Waals surface area contributed by atoms with E-state index in [1.165, 1.54) is 45.4 Å². The lowest BCUT2D eigenvalue weighted by Gasteiger charge is -2.40. The smallest absolute Gasteiger partial charge is 0.0145 e. The minimum Gasteiger partial charge on any atom is -0.316 e. The summed E-state index contributed by atoms with van der Waals surface area (Å²) in [5.74, 6) is 3.08. The van der Waals surface area contributed by atoms with E-state index in [2.05, 4.69) is 17.1 Å². The largest absolute Gasteiger partial charge is 0.316 e. The molecule has 1 saturated carbocycles.